The molecule has 0 aromatic heterocycles. The minimum Gasteiger partial charge on any atom is -0.508 e. The lowest BCUT2D eigenvalue weighted by Gasteiger charge is -2.53. The van der Waals surface area contributed by atoms with Crippen molar-refractivity contribution in [1.82, 2.24) is 0 Å². The van der Waals surface area contributed by atoms with Gasteiger partial charge in [0.15, 0.2) is 17.3 Å². The van der Waals surface area contributed by atoms with Crippen LogP contribution in [0.3, 0.4) is 0 Å². The van der Waals surface area contributed by atoms with E-state index < -0.39 is 47.4 Å². The van der Waals surface area contributed by atoms with Crippen LogP contribution in [0.5, 0.6) is 46.0 Å². The Bertz CT molecular complexity index is 1710. The fraction of sp³-hybridized carbons (Fsp3) is 0.267. The van der Waals surface area contributed by atoms with Crippen LogP contribution in [0.2, 0.25) is 0 Å². The van der Waals surface area contributed by atoms with Crippen molar-refractivity contribution in [1.29, 1.82) is 0 Å². The van der Waals surface area contributed by atoms with Crippen molar-refractivity contribution < 1.29 is 60.2 Å². The van der Waals surface area contributed by atoms with Crippen LogP contribution in [-0.2, 0) is 6.42 Å². The van der Waals surface area contributed by atoms with Crippen molar-refractivity contribution >= 4 is 0 Å². The molecule has 3 heterocycles. The number of ether oxygens (including phenoxy) is 3. The van der Waals surface area contributed by atoms with Crippen LogP contribution in [0.4, 0.5) is 0 Å². The van der Waals surface area contributed by atoms with Crippen LogP contribution in [0.25, 0.3) is 0 Å². The van der Waals surface area contributed by atoms with Crippen molar-refractivity contribution in [3.8, 4) is 46.0 Å². The summed E-state index contributed by atoms with van der Waals surface area (Å²) in [5.74, 6) is -6.41. The van der Waals surface area contributed by atoms with Gasteiger partial charge in [0.2, 0.25) is 0 Å². The molecule has 7 rings (SSSR count). The van der Waals surface area contributed by atoms with Gasteiger partial charge in [0.25, 0.3) is 5.79 Å². The second-order valence-electron chi connectivity index (χ2n) is 10.9. The Labute approximate surface area is 237 Å². The van der Waals surface area contributed by atoms with Gasteiger partial charge >= 0.3 is 0 Å². The summed E-state index contributed by atoms with van der Waals surface area (Å²) < 4.78 is 18.8. The van der Waals surface area contributed by atoms with E-state index in [-0.39, 0.29) is 75.5 Å². The first kappa shape index (κ1) is 26.0. The maximum atomic E-state index is 12.0. The molecule has 0 radical (unpaired) electrons. The highest BCUT2D eigenvalue weighted by atomic mass is 16.7. The normalized spacial score (nSPS) is 29.0. The molecule has 0 saturated carbocycles. The Morgan fingerprint density at radius 2 is 1.48 bits per heavy atom. The van der Waals surface area contributed by atoms with Gasteiger partial charge in [0.05, 0.1) is 17.9 Å². The molecule has 1 aliphatic carbocycles. The molecule has 3 aromatic carbocycles. The zero-order chi connectivity index (χ0) is 29.7. The number of hydrogen-bond donors (Lipinski definition) is 9. The Morgan fingerprint density at radius 1 is 0.738 bits per heavy atom. The second-order valence-corrected chi connectivity index (χ2v) is 10.9. The molecule has 42 heavy (non-hydrogen) atoms. The highest BCUT2D eigenvalue weighted by Gasteiger charge is 2.62. The highest BCUT2D eigenvalue weighted by Crippen LogP contribution is 2.62. The molecule has 3 aliphatic heterocycles. The van der Waals surface area contributed by atoms with Gasteiger partial charge in [-0.15, -0.1) is 0 Å². The molecule has 4 aliphatic rings. The molecule has 9 N–H and O–H groups in total. The third-order valence-electron chi connectivity index (χ3n) is 8.40. The first-order valence-corrected chi connectivity index (χ1v) is 13.1. The number of aromatic hydroxyl groups is 5. The average Bonchev–Trinajstić information content (AvgIpc) is 2.92. The van der Waals surface area contributed by atoms with E-state index in [0.717, 1.165) is 6.07 Å². The Hall–Kier alpha value is -4.94. The number of aliphatic hydroxyl groups is 4. The van der Waals surface area contributed by atoms with Crippen LogP contribution in [0.1, 0.15) is 40.7 Å². The number of phenolic OH excluding ortho intramolecular Hbond substituents is 5. The van der Waals surface area contributed by atoms with Crippen molar-refractivity contribution in [3.05, 3.63) is 82.3 Å². The maximum absolute atomic E-state index is 12.0. The van der Waals surface area contributed by atoms with Crippen molar-refractivity contribution in [2.45, 2.75) is 42.9 Å². The van der Waals surface area contributed by atoms with E-state index in [1.807, 2.05) is 0 Å². The molecule has 218 valence electrons. The Balaban J connectivity index is 1.44. The van der Waals surface area contributed by atoms with Crippen molar-refractivity contribution in [2.24, 2.45) is 5.92 Å². The zero-order valence-corrected chi connectivity index (χ0v) is 21.7. The van der Waals surface area contributed by atoms with Crippen molar-refractivity contribution in [3.63, 3.8) is 0 Å². The van der Waals surface area contributed by atoms with Crippen LogP contribution < -0.4 is 14.2 Å². The third-order valence-corrected chi connectivity index (χ3v) is 8.40. The summed E-state index contributed by atoms with van der Waals surface area (Å²) in [6, 6.07) is 7.57. The van der Waals surface area contributed by atoms with Gasteiger partial charge in [-0.05, 0) is 23.8 Å². The molecule has 12 nitrogen and oxygen atoms in total. The first-order valence-electron chi connectivity index (χ1n) is 13.1. The molecule has 0 fully saturated rings. The second kappa shape index (κ2) is 8.78. The molecule has 0 saturated heterocycles. The van der Waals surface area contributed by atoms with Gasteiger partial charge in [0.1, 0.15) is 52.5 Å². The topological polar surface area (TPSA) is 210 Å². The van der Waals surface area contributed by atoms with Crippen LogP contribution in [0, 0.1) is 5.92 Å². The molecule has 12 heteroatoms. The van der Waals surface area contributed by atoms with E-state index in [9.17, 15) is 46.0 Å². The van der Waals surface area contributed by atoms with E-state index in [0.29, 0.717) is 5.56 Å². The van der Waals surface area contributed by atoms with Gasteiger partial charge < -0.3 is 60.2 Å². The largest absolute Gasteiger partial charge is 0.508 e. The van der Waals surface area contributed by atoms with Gasteiger partial charge in [-0.2, -0.15) is 0 Å². The van der Waals surface area contributed by atoms with E-state index >= 15 is 0 Å². The Kier molecular flexibility index (Phi) is 5.43. The standard InChI is InChI=1S/C30H26O12/c31-13-7-20(37)24-22(8-13)41-30(12-2-4-16(33)19(36)6-12)29(39)26(24)25-23(42-30)10-17(34)14-9-21(38)27(40-28(14)25)11-1-3-15(32)18(35)5-11/h1-5,7-8,10,12,21,26-27,29,31-39H,6,9H2/t12?,21-,26-,27-,29-,30+/m1/s1. The Morgan fingerprint density at radius 3 is 2.19 bits per heavy atom. The summed E-state index contributed by atoms with van der Waals surface area (Å²) in [7, 11) is 0. The number of allylic oxidation sites excluding steroid dienone is 2. The number of fused-ring (bicyclic) bond motifs is 8. The van der Waals surface area contributed by atoms with Crippen LogP contribution in [0.15, 0.2) is 60.1 Å². The first-order chi connectivity index (χ1) is 20.0. The molecule has 0 spiro atoms. The fourth-order valence-corrected chi connectivity index (χ4v) is 6.42. The van der Waals surface area contributed by atoms with Crippen LogP contribution >= 0.6 is 0 Å². The molecule has 6 atom stereocenters. The van der Waals surface area contributed by atoms with E-state index in [1.54, 1.807) is 0 Å². The number of benzene rings is 3. The van der Waals surface area contributed by atoms with Crippen LogP contribution in [-0.4, -0.2) is 64.0 Å². The van der Waals surface area contributed by atoms with E-state index in [1.165, 1.54) is 42.5 Å². The SMILES string of the molecule is OC1=C(O)CC([C@]23Oc4cc(O)cc(O)c4[C@H](c4c(cc(O)c5c4O[C@H](c4ccc(O)c(O)c4)[C@H](O)C5)O2)[C@H]3O)C=C1. The molecular weight excluding hydrogens is 552 g/mol. The summed E-state index contributed by atoms with van der Waals surface area (Å²) >= 11 is 0. The summed E-state index contributed by atoms with van der Waals surface area (Å²) in [6.45, 7) is 0. The minimum absolute atomic E-state index is 0.0159. The van der Waals surface area contributed by atoms with E-state index in [4.69, 9.17) is 14.2 Å². The lowest BCUT2D eigenvalue weighted by Crippen LogP contribution is -2.64. The zero-order valence-electron chi connectivity index (χ0n) is 21.7. The summed E-state index contributed by atoms with van der Waals surface area (Å²) in [5, 5.41) is 95.3. The molecule has 2 bridgehead atoms. The number of hydrogen-bond acceptors (Lipinski definition) is 12. The quantitative estimate of drug-likeness (QED) is 0.201. The highest BCUT2D eigenvalue weighted by molar-refractivity contribution is 5.67. The molecule has 0 amide bonds. The van der Waals surface area contributed by atoms with Gasteiger partial charge in [-0.25, -0.2) is 0 Å². The predicted octanol–water partition coefficient (Wildman–Crippen LogP) is 3.13. The summed E-state index contributed by atoms with van der Waals surface area (Å²) in [6.07, 6.45) is -1.36. The van der Waals surface area contributed by atoms with Crippen molar-refractivity contribution in [2.75, 3.05) is 0 Å². The number of rotatable bonds is 2. The molecular formula is C30H26O12. The smallest absolute Gasteiger partial charge is 0.284 e. The fourth-order valence-electron chi connectivity index (χ4n) is 6.42. The predicted molar refractivity (Wildman–Crippen MR) is 142 cm³/mol. The summed E-state index contributed by atoms with van der Waals surface area (Å²) in [5.41, 5.74) is 0.850. The average molecular weight is 579 g/mol. The minimum atomic E-state index is -1.95. The van der Waals surface area contributed by atoms with E-state index in [2.05, 4.69) is 0 Å². The number of phenols is 5. The summed E-state index contributed by atoms with van der Waals surface area (Å²) in [4.78, 5) is 0. The molecule has 1 unspecified atom stereocenters. The van der Waals surface area contributed by atoms with Gasteiger partial charge in [-0.3, -0.25) is 0 Å². The molecule has 3 aromatic rings. The monoisotopic (exact) mass is 578 g/mol. The lowest BCUT2D eigenvalue weighted by molar-refractivity contribution is -0.233. The van der Waals surface area contributed by atoms with Gasteiger partial charge in [-0.1, -0.05) is 12.1 Å². The maximum Gasteiger partial charge on any atom is 0.284 e. The lowest BCUT2D eigenvalue weighted by atomic mass is 9.71. The van der Waals surface area contributed by atoms with Gasteiger partial charge in [0, 0.05) is 47.7 Å². The number of aliphatic hydroxyl groups excluding tert-OH is 4. The third kappa shape index (κ3) is 3.55.